The Balaban J connectivity index is 6.31. The number of carbonyl (C=O) groups excluding carboxylic acids is 15. The van der Waals surface area contributed by atoms with Gasteiger partial charge in [0.05, 0.1) is 85.5 Å². The third kappa shape index (κ3) is 54.1. The number of ether oxygens (including phenoxy) is 8. The highest BCUT2D eigenvalue weighted by molar-refractivity contribution is 6.02. The van der Waals surface area contributed by atoms with Gasteiger partial charge in [-0.25, -0.2) is 14.4 Å². The molecule has 0 unspecified atom stereocenters. The number of nitrogens with two attached hydrogens (primary N) is 1. The van der Waals surface area contributed by atoms with Gasteiger partial charge in [0, 0.05) is 26.6 Å². The highest BCUT2D eigenvalue weighted by atomic mass is 16.6. The Kier molecular flexibility index (Phi) is 51.3. The minimum Gasteiger partial charge on any atom is -0.481 e. The Hall–Kier alpha value is -9.61. The number of esters is 1. The fourth-order valence-electron chi connectivity index (χ4n) is 10.2. The second-order valence-corrected chi connectivity index (χ2v) is 32.3. The Morgan fingerprint density at radius 2 is 0.829 bits per heavy atom. The van der Waals surface area contributed by atoms with Gasteiger partial charge in [-0.2, -0.15) is 0 Å². The van der Waals surface area contributed by atoms with E-state index >= 15 is 0 Å². The molecule has 0 aromatic carbocycles. The van der Waals surface area contributed by atoms with Crippen LogP contribution in [0.2, 0.25) is 0 Å². The molecule has 41 nitrogen and oxygen atoms in total. The van der Waals surface area contributed by atoms with E-state index in [1.165, 1.54) is 20.8 Å². The lowest BCUT2D eigenvalue weighted by atomic mass is 9.98. The van der Waals surface area contributed by atoms with Crippen LogP contribution in [0.5, 0.6) is 0 Å². The molecule has 0 saturated carbocycles. The second kappa shape index (κ2) is 55.9. The number of carbonyl (C=O) groups is 16. The molecular formula is C76H136N16O25. The Labute approximate surface area is 686 Å². The van der Waals surface area contributed by atoms with Crippen LogP contribution in [0.3, 0.4) is 0 Å². The van der Waals surface area contributed by atoms with Crippen molar-refractivity contribution in [3.05, 3.63) is 0 Å². The molecule has 0 aromatic rings. The molecule has 0 fully saturated rings. The van der Waals surface area contributed by atoms with Crippen molar-refractivity contribution in [2.45, 2.75) is 273 Å². The molecule has 41 heteroatoms. The van der Waals surface area contributed by atoms with E-state index in [0.29, 0.717) is 33.0 Å². The first-order valence-corrected chi connectivity index (χ1v) is 39.5. The smallest absolute Gasteiger partial charge is 0.414 e. The van der Waals surface area contributed by atoms with Gasteiger partial charge in [0.25, 0.3) is 0 Å². The summed E-state index contributed by atoms with van der Waals surface area (Å²) in [6.45, 7) is 33.5. The number of alkyl carbamates (subject to hydrolysis) is 2. The van der Waals surface area contributed by atoms with Crippen LogP contribution in [0, 0.1) is 17.8 Å². The molecule has 0 spiro atoms. The van der Waals surface area contributed by atoms with Crippen molar-refractivity contribution in [2.75, 3.05) is 92.2 Å². The summed E-state index contributed by atoms with van der Waals surface area (Å²) in [5, 5.41) is 44.1. The number of hydrogen-bond acceptors (Lipinski definition) is 25. The van der Waals surface area contributed by atoms with Crippen LogP contribution in [0.1, 0.15) is 203 Å². The molecule has 0 heterocycles. The quantitative estimate of drug-likeness (QED) is 0.0130. The number of carboxylic acid groups (broad SMARTS) is 1. The highest BCUT2D eigenvalue weighted by Gasteiger charge is 2.38. The molecule has 0 aromatic heterocycles. The van der Waals surface area contributed by atoms with E-state index < -0.39 is 179 Å². The van der Waals surface area contributed by atoms with Crippen LogP contribution in [-0.2, 0) is 100 Å². The van der Waals surface area contributed by atoms with Crippen molar-refractivity contribution in [3.63, 3.8) is 0 Å². The number of amides is 15. The Morgan fingerprint density at radius 3 is 1.28 bits per heavy atom. The minimum atomic E-state index is -1.73. The summed E-state index contributed by atoms with van der Waals surface area (Å²) in [5.41, 5.74) is 0.689. The van der Waals surface area contributed by atoms with E-state index in [4.69, 9.17) is 48.7 Å². The molecule has 670 valence electrons. The van der Waals surface area contributed by atoms with Gasteiger partial charge < -0.3 is 113 Å². The average Bonchev–Trinajstić information content (AvgIpc) is 0.838. The highest BCUT2D eigenvalue weighted by Crippen LogP contribution is 2.16. The summed E-state index contributed by atoms with van der Waals surface area (Å²) in [6.07, 6.45) is -2.70. The van der Waals surface area contributed by atoms with E-state index in [2.05, 4.69) is 79.4 Å². The van der Waals surface area contributed by atoms with Gasteiger partial charge in [0.15, 0.2) is 0 Å². The molecule has 0 aliphatic heterocycles. The first kappa shape index (κ1) is 107. The van der Waals surface area contributed by atoms with E-state index in [1.54, 1.807) is 96.9 Å². The standard InChI is InChI=1S/C76H136N16O25/c1-21-50(63(101)87-55(42-47(6)7)65(103)86-52(25-22-27-79-69(77)107)67(105)92-76(19,20)68(106)89-53(40-45(2)3)62(100)78-29-31-111-33-35-113-37-39-114-38-36-112-34-32-110-30-26-58(95)96)85-60(98)48(8)82-64(102)54(41-46(4)5)88-66(104)56(43-59(97)115-73(10,11)12)84-57(94)44-81-61(99)51(83-49(9)93)24-23-28-80-70(90-71(108)116-74(13,14)15)91-72(109)117-75(16,17)18/h45-48,50-56H,21-44H2,1-20H3,(H,78,100)(H,81,99)(H,82,102)(H,83,93)(H,84,94)(H,85,98)(H,86,103)(H,87,101)(H,88,104)(H,89,106)(H,92,105)(H,95,96)(H3,77,79,107)(H2,80,90,91,108,109)/t48-,50-,51-,52-,53-,54-,55-,56-/m0/s1. The lowest BCUT2D eigenvalue weighted by Gasteiger charge is -2.31. The Morgan fingerprint density at radius 1 is 0.419 bits per heavy atom. The molecule has 8 atom stereocenters. The predicted molar refractivity (Wildman–Crippen MR) is 428 cm³/mol. The second-order valence-electron chi connectivity index (χ2n) is 32.3. The van der Waals surface area contributed by atoms with Gasteiger partial charge in [0.2, 0.25) is 70.9 Å². The summed E-state index contributed by atoms with van der Waals surface area (Å²) in [5.74, 6) is -11.9. The van der Waals surface area contributed by atoms with Crippen molar-refractivity contribution in [1.82, 2.24) is 74.4 Å². The number of aliphatic imine (C=N–C) groups is 1. The van der Waals surface area contributed by atoms with Crippen LogP contribution >= 0.6 is 0 Å². The van der Waals surface area contributed by atoms with E-state index in [-0.39, 0.29) is 134 Å². The summed E-state index contributed by atoms with van der Waals surface area (Å²) in [7, 11) is 0. The normalized spacial score (nSPS) is 13.7. The van der Waals surface area contributed by atoms with Crippen LogP contribution in [0.25, 0.3) is 0 Å². The van der Waals surface area contributed by atoms with Crippen LogP contribution in [0.15, 0.2) is 4.99 Å². The van der Waals surface area contributed by atoms with Gasteiger partial charge in [-0.3, -0.25) is 78.0 Å². The van der Waals surface area contributed by atoms with E-state index in [1.807, 2.05) is 13.8 Å². The molecular weight excluding hydrogens is 1540 g/mol. The summed E-state index contributed by atoms with van der Waals surface area (Å²) < 4.78 is 43.0. The average molecular weight is 1670 g/mol. The van der Waals surface area contributed by atoms with Gasteiger partial charge in [0.1, 0.15) is 70.7 Å². The number of primary amides is 1. The SMILES string of the molecule is CC[C@H](NC(=O)[C@H](C)NC(=O)[C@H](CC(C)C)NC(=O)[C@H](CC(=O)OC(C)(C)C)NC(=O)CNC(=O)[C@H](CCCN=C(NC(=O)OC(C)(C)C)NC(=O)OC(C)(C)C)NC(C)=O)C(=O)N[C@@H](CC(C)C)C(=O)N[C@@H](CCCNC(N)=O)C(=O)NC(C)(C)C(=O)N[C@@H](CC(C)C)C(=O)NCCOCCOCCOCCOCCOCCC(=O)O. The largest absolute Gasteiger partial charge is 0.481 e. The van der Waals surface area contributed by atoms with Crippen LogP contribution in [-0.4, -0.2) is 269 Å². The fraction of sp³-hybridized carbons (Fsp3) is 0.776. The summed E-state index contributed by atoms with van der Waals surface area (Å²) >= 11 is 0. The zero-order valence-electron chi connectivity index (χ0n) is 72.1. The minimum absolute atomic E-state index is 0.00948. The number of hydrogen-bond donors (Lipinski definition) is 16. The van der Waals surface area contributed by atoms with Crippen LogP contribution < -0.4 is 80.2 Å². The zero-order chi connectivity index (χ0) is 89.4. The van der Waals surface area contributed by atoms with Crippen molar-refractivity contribution in [1.29, 1.82) is 0 Å². The molecule has 0 saturated heterocycles. The maximum Gasteiger partial charge on any atom is 0.414 e. The lowest BCUT2D eigenvalue weighted by Crippen LogP contribution is -2.63. The first-order chi connectivity index (χ1) is 54.3. The Bertz CT molecular complexity index is 3190. The third-order valence-electron chi connectivity index (χ3n) is 15.6. The van der Waals surface area contributed by atoms with Crippen molar-refractivity contribution in [2.24, 2.45) is 28.5 Å². The molecule has 0 aliphatic carbocycles. The maximum atomic E-state index is 14.4. The summed E-state index contributed by atoms with van der Waals surface area (Å²) in [4.78, 5) is 217. The summed E-state index contributed by atoms with van der Waals surface area (Å²) in [6, 6.07) is -11.8. The number of rotatable bonds is 55. The van der Waals surface area contributed by atoms with Gasteiger partial charge >= 0.3 is 30.2 Å². The van der Waals surface area contributed by atoms with E-state index in [0.717, 1.165) is 6.92 Å². The molecule has 0 bridgehead atoms. The number of nitrogens with one attached hydrogen (secondary N) is 14. The third-order valence-corrected chi connectivity index (χ3v) is 15.6. The number of nitrogens with zero attached hydrogens (tertiary/aromatic N) is 1. The van der Waals surface area contributed by atoms with Crippen molar-refractivity contribution in [3.8, 4) is 0 Å². The van der Waals surface area contributed by atoms with Gasteiger partial charge in [-0.15, -0.1) is 0 Å². The number of aliphatic carboxylic acids is 1. The van der Waals surface area contributed by atoms with Gasteiger partial charge in [-0.05, 0) is 152 Å². The maximum absolute atomic E-state index is 14.4. The van der Waals surface area contributed by atoms with E-state index in [9.17, 15) is 76.7 Å². The molecule has 0 radical (unpaired) electrons. The predicted octanol–water partition coefficient (Wildman–Crippen LogP) is 0.504. The van der Waals surface area contributed by atoms with Crippen molar-refractivity contribution < 1.29 is 120 Å². The molecule has 0 rings (SSSR count). The zero-order valence-corrected chi connectivity index (χ0v) is 72.1. The number of urea groups is 1. The number of carboxylic acids is 1. The number of guanidine groups is 1. The molecule has 117 heavy (non-hydrogen) atoms. The monoisotopic (exact) mass is 1670 g/mol. The molecule has 17 N–H and O–H groups in total. The van der Waals surface area contributed by atoms with Gasteiger partial charge in [-0.1, -0.05) is 48.5 Å². The first-order valence-electron chi connectivity index (χ1n) is 39.5. The lowest BCUT2D eigenvalue weighted by molar-refractivity contribution is -0.156. The van der Waals surface area contributed by atoms with Crippen LogP contribution in [0.4, 0.5) is 14.4 Å². The fourth-order valence-corrected chi connectivity index (χ4v) is 10.2. The molecule has 0 aliphatic rings. The molecule has 15 amide bonds. The topological polar surface area (TPSA) is 574 Å². The van der Waals surface area contributed by atoms with Crippen molar-refractivity contribution >= 4 is 101 Å².